The number of hydrogen-bond acceptors (Lipinski definition) is 5. The van der Waals surface area contributed by atoms with E-state index >= 15 is 0 Å². The smallest absolute Gasteiger partial charge is 0.0532 e. The van der Waals surface area contributed by atoms with Crippen LogP contribution in [0.4, 0.5) is 0 Å². The van der Waals surface area contributed by atoms with Gasteiger partial charge in [-0.1, -0.05) is 38.5 Å². The van der Waals surface area contributed by atoms with Crippen LogP contribution in [0.5, 0.6) is 0 Å². The van der Waals surface area contributed by atoms with Gasteiger partial charge in [-0.05, 0) is 52.6 Å². The normalized spacial score (nSPS) is 17.6. The Labute approximate surface area is 157 Å². The van der Waals surface area contributed by atoms with Crippen LogP contribution in [0, 0.1) is 0 Å². The highest BCUT2D eigenvalue weighted by atomic mass is 15.5. The summed E-state index contributed by atoms with van der Waals surface area (Å²) in [4.78, 5) is 7.88. The largest absolute Gasteiger partial charge is 0.330 e. The van der Waals surface area contributed by atoms with Crippen LogP contribution in [0.1, 0.15) is 78.1 Å². The summed E-state index contributed by atoms with van der Waals surface area (Å²) >= 11 is 0. The SMILES string of the molecule is CC(C)N1CN(CCCCCCCN)CN(CCCCCCCN)C1. The second-order valence-corrected chi connectivity index (χ2v) is 8.01. The zero-order valence-corrected chi connectivity index (χ0v) is 17.1. The molecule has 150 valence electrons. The lowest BCUT2D eigenvalue weighted by molar-refractivity contribution is -0.0450. The molecular formula is C20H45N5. The van der Waals surface area contributed by atoms with Crippen molar-refractivity contribution in [2.45, 2.75) is 84.1 Å². The summed E-state index contributed by atoms with van der Waals surface area (Å²) in [5, 5.41) is 0. The van der Waals surface area contributed by atoms with Gasteiger partial charge in [-0.3, -0.25) is 14.7 Å². The minimum Gasteiger partial charge on any atom is -0.330 e. The molecule has 0 aromatic heterocycles. The maximum absolute atomic E-state index is 5.57. The molecule has 4 N–H and O–H groups in total. The molecule has 0 aliphatic carbocycles. The summed E-state index contributed by atoms with van der Waals surface area (Å²) in [6, 6.07) is 0.624. The summed E-state index contributed by atoms with van der Waals surface area (Å²) in [5.74, 6) is 0. The van der Waals surface area contributed by atoms with Crippen molar-refractivity contribution in [3.05, 3.63) is 0 Å². The first kappa shape index (κ1) is 22.8. The van der Waals surface area contributed by atoms with Crippen LogP contribution in [-0.2, 0) is 0 Å². The summed E-state index contributed by atoms with van der Waals surface area (Å²) in [7, 11) is 0. The Bertz CT molecular complexity index is 274. The van der Waals surface area contributed by atoms with Crippen molar-refractivity contribution in [1.29, 1.82) is 0 Å². The summed E-state index contributed by atoms with van der Waals surface area (Å²) in [5.41, 5.74) is 11.1. The van der Waals surface area contributed by atoms with Gasteiger partial charge in [0.25, 0.3) is 0 Å². The van der Waals surface area contributed by atoms with Crippen molar-refractivity contribution in [2.75, 3.05) is 46.2 Å². The number of nitrogens with zero attached hydrogens (tertiary/aromatic N) is 3. The zero-order valence-electron chi connectivity index (χ0n) is 17.1. The lowest BCUT2D eigenvalue weighted by atomic mass is 10.1. The maximum atomic E-state index is 5.57. The van der Waals surface area contributed by atoms with Gasteiger partial charge in [-0.15, -0.1) is 0 Å². The molecule has 1 saturated heterocycles. The van der Waals surface area contributed by atoms with Gasteiger partial charge in [-0.2, -0.15) is 0 Å². The number of rotatable bonds is 15. The molecule has 0 radical (unpaired) electrons. The molecule has 0 saturated carbocycles. The summed E-state index contributed by atoms with van der Waals surface area (Å²) in [6.07, 6.45) is 13.0. The molecule has 5 nitrogen and oxygen atoms in total. The fraction of sp³-hybridized carbons (Fsp3) is 1.00. The van der Waals surface area contributed by atoms with E-state index in [2.05, 4.69) is 28.5 Å². The molecule has 0 aromatic carbocycles. The van der Waals surface area contributed by atoms with Crippen LogP contribution >= 0.6 is 0 Å². The average Bonchev–Trinajstić information content (AvgIpc) is 2.61. The third kappa shape index (κ3) is 11.2. The Balaban J connectivity index is 2.23. The van der Waals surface area contributed by atoms with Crippen LogP contribution in [-0.4, -0.2) is 66.9 Å². The Morgan fingerprint density at radius 2 is 1.00 bits per heavy atom. The Hall–Kier alpha value is -0.200. The molecule has 1 fully saturated rings. The first-order chi connectivity index (χ1) is 12.2. The molecule has 0 atom stereocenters. The number of unbranched alkanes of at least 4 members (excludes halogenated alkanes) is 8. The van der Waals surface area contributed by atoms with Crippen molar-refractivity contribution in [2.24, 2.45) is 11.5 Å². The Morgan fingerprint density at radius 1 is 0.600 bits per heavy atom. The molecule has 0 amide bonds. The van der Waals surface area contributed by atoms with Gasteiger partial charge in [-0.25, -0.2) is 0 Å². The molecule has 1 rings (SSSR count). The van der Waals surface area contributed by atoms with Gasteiger partial charge in [0.15, 0.2) is 0 Å². The second-order valence-electron chi connectivity index (χ2n) is 8.01. The summed E-state index contributed by atoms with van der Waals surface area (Å²) in [6.45, 7) is 12.2. The van der Waals surface area contributed by atoms with E-state index in [4.69, 9.17) is 11.5 Å². The predicted octanol–water partition coefficient (Wildman–Crippen LogP) is 3.01. The molecule has 0 spiro atoms. The van der Waals surface area contributed by atoms with Crippen molar-refractivity contribution in [1.82, 2.24) is 14.7 Å². The topological polar surface area (TPSA) is 61.8 Å². The van der Waals surface area contributed by atoms with E-state index in [1.165, 1.54) is 77.3 Å². The molecular weight excluding hydrogens is 310 g/mol. The number of hydrogen-bond donors (Lipinski definition) is 2. The van der Waals surface area contributed by atoms with Gasteiger partial charge in [0.1, 0.15) is 0 Å². The molecule has 5 heteroatoms. The molecule has 1 aliphatic rings. The third-order valence-electron chi connectivity index (χ3n) is 5.25. The van der Waals surface area contributed by atoms with Crippen molar-refractivity contribution < 1.29 is 0 Å². The van der Waals surface area contributed by atoms with E-state index < -0.39 is 0 Å². The first-order valence-corrected chi connectivity index (χ1v) is 10.8. The minimum absolute atomic E-state index is 0.624. The second kappa shape index (κ2) is 14.9. The standard InChI is InChI=1S/C20H45N5/c1-20(2)25-18-23(15-11-7-3-5-9-13-21)17-24(19-25)16-12-8-4-6-10-14-22/h20H,3-19,21-22H2,1-2H3. The minimum atomic E-state index is 0.624. The first-order valence-electron chi connectivity index (χ1n) is 10.8. The maximum Gasteiger partial charge on any atom is 0.0532 e. The monoisotopic (exact) mass is 355 g/mol. The van der Waals surface area contributed by atoms with Crippen molar-refractivity contribution in [3.8, 4) is 0 Å². The fourth-order valence-electron chi connectivity index (χ4n) is 3.56. The average molecular weight is 356 g/mol. The number of nitrogens with two attached hydrogens (primary N) is 2. The van der Waals surface area contributed by atoms with Crippen LogP contribution in [0.25, 0.3) is 0 Å². The van der Waals surface area contributed by atoms with E-state index in [0.29, 0.717) is 6.04 Å². The van der Waals surface area contributed by atoms with E-state index in [1.807, 2.05) is 0 Å². The van der Waals surface area contributed by atoms with Gasteiger partial charge in [0.05, 0.1) is 20.0 Å². The molecule has 1 heterocycles. The van der Waals surface area contributed by atoms with E-state index in [-0.39, 0.29) is 0 Å². The van der Waals surface area contributed by atoms with Crippen molar-refractivity contribution in [3.63, 3.8) is 0 Å². The van der Waals surface area contributed by atoms with Gasteiger partial charge in [0.2, 0.25) is 0 Å². The molecule has 0 unspecified atom stereocenters. The van der Waals surface area contributed by atoms with Gasteiger partial charge >= 0.3 is 0 Å². The third-order valence-corrected chi connectivity index (χ3v) is 5.25. The molecule has 0 bridgehead atoms. The Morgan fingerprint density at radius 3 is 1.40 bits per heavy atom. The fourth-order valence-corrected chi connectivity index (χ4v) is 3.56. The Kier molecular flexibility index (Phi) is 13.6. The summed E-state index contributed by atoms with van der Waals surface area (Å²) < 4.78 is 0. The van der Waals surface area contributed by atoms with Crippen LogP contribution in [0.2, 0.25) is 0 Å². The van der Waals surface area contributed by atoms with Crippen LogP contribution in [0.3, 0.4) is 0 Å². The lowest BCUT2D eigenvalue weighted by Gasteiger charge is -2.44. The molecule has 0 aromatic rings. The van der Waals surface area contributed by atoms with E-state index in [9.17, 15) is 0 Å². The highest BCUT2D eigenvalue weighted by Crippen LogP contribution is 2.14. The van der Waals surface area contributed by atoms with Crippen molar-refractivity contribution >= 4 is 0 Å². The van der Waals surface area contributed by atoms with Crippen LogP contribution < -0.4 is 11.5 Å². The highest BCUT2D eigenvalue weighted by molar-refractivity contribution is 4.72. The van der Waals surface area contributed by atoms with E-state index in [0.717, 1.165) is 33.1 Å². The van der Waals surface area contributed by atoms with Gasteiger partial charge in [0, 0.05) is 19.1 Å². The van der Waals surface area contributed by atoms with E-state index in [1.54, 1.807) is 0 Å². The van der Waals surface area contributed by atoms with Crippen LogP contribution in [0.15, 0.2) is 0 Å². The molecule has 25 heavy (non-hydrogen) atoms. The highest BCUT2D eigenvalue weighted by Gasteiger charge is 2.24. The van der Waals surface area contributed by atoms with Gasteiger partial charge < -0.3 is 11.5 Å². The molecule has 1 aliphatic heterocycles. The quantitative estimate of drug-likeness (QED) is 0.442. The zero-order chi connectivity index (χ0) is 18.3. The lowest BCUT2D eigenvalue weighted by Crippen LogP contribution is -2.56. The predicted molar refractivity (Wildman–Crippen MR) is 109 cm³/mol.